The summed E-state index contributed by atoms with van der Waals surface area (Å²) < 4.78 is 0. The lowest BCUT2D eigenvalue weighted by Crippen LogP contribution is -2.30. The third kappa shape index (κ3) is 1.37. The van der Waals surface area contributed by atoms with Crippen LogP contribution in [0.1, 0.15) is 64.2 Å². The van der Waals surface area contributed by atoms with Gasteiger partial charge >= 0.3 is 0 Å². The summed E-state index contributed by atoms with van der Waals surface area (Å²) >= 11 is 0. The average molecular weight is 244 g/mol. The van der Waals surface area contributed by atoms with E-state index in [1.807, 2.05) is 6.08 Å². The quantitative estimate of drug-likeness (QED) is 0.535. The molecular formula is C17H24O. The fraction of sp³-hybridized carbons (Fsp3) is 0.824. The molecule has 0 saturated heterocycles. The van der Waals surface area contributed by atoms with Crippen molar-refractivity contribution in [3.63, 3.8) is 0 Å². The predicted octanol–water partition coefficient (Wildman–Crippen LogP) is 4.27. The van der Waals surface area contributed by atoms with Gasteiger partial charge in [-0.25, -0.2) is 0 Å². The summed E-state index contributed by atoms with van der Waals surface area (Å²) in [6, 6.07) is 0. The third-order valence-electron chi connectivity index (χ3n) is 6.86. The van der Waals surface area contributed by atoms with Gasteiger partial charge in [-0.15, -0.1) is 0 Å². The molecule has 4 aliphatic carbocycles. The van der Waals surface area contributed by atoms with E-state index in [9.17, 15) is 4.79 Å². The van der Waals surface area contributed by atoms with Crippen LogP contribution >= 0.6 is 0 Å². The van der Waals surface area contributed by atoms with Crippen molar-refractivity contribution < 1.29 is 4.79 Å². The maximum absolute atomic E-state index is 11.2. The van der Waals surface area contributed by atoms with Gasteiger partial charge in [0.15, 0.2) is 0 Å². The van der Waals surface area contributed by atoms with E-state index < -0.39 is 0 Å². The van der Waals surface area contributed by atoms with Gasteiger partial charge in [0, 0.05) is 0 Å². The molecule has 0 aromatic carbocycles. The van der Waals surface area contributed by atoms with Crippen LogP contribution in [0.5, 0.6) is 0 Å². The van der Waals surface area contributed by atoms with Crippen molar-refractivity contribution in [2.75, 3.05) is 0 Å². The molecule has 0 amide bonds. The zero-order valence-electron chi connectivity index (χ0n) is 11.3. The Balaban J connectivity index is 1.74. The van der Waals surface area contributed by atoms with E-state index in [0.717, 1.165) is 18.1 Å². The Hall–Kier alpha value is -0.590. The van der Waals surface area contributed by atoms with Crippen LogP contribution in [0.3, 0.4) is 0 Å². The van der Waals surface area contributed by atoms with Gasteiger partial charge in [0.05, 0.1) is 0 Å². The molecule has 0 aromatic heterocycles. The highest BCUT2D eigenvalue weighted by atomic mass is 16.1. The summed E-state index contributed by atoms with van der Waals surface area (Å²) in [7, 11) is 0. The molecule has 4 fully saturated rings. The molecule has 0 N–H and O–H groups in total. The molecule has 0 atom stereocenters. The normalized spacial score (nSPS) is 48.7. The number of rotatable bonds is 3. The Kier molecular flexibility index (Phi) is 2.32. The molecule has 0 unspecified atom stereocenters. The highest BCUT2D eigenvalue weighted by Gasteiger charge is 2.56. The van der Waals surface area contributed by atoms with Crippen molar-refractivity contribution in [3.05, 3.63) is 11.6 Å². The molecule has 0 heterocycles. The largest absolute Gasteiger partial charge is 0.299 e. The first-order chi connectivity index (χ1) is 8.76. The number of hydrogen-bond donors (Lipinski definition) is 0. The fourth-order valence-electron chi connectivity index (χ4n) is 6.12. The van der Waals surface area contributed by atoms with Gasteiger partial charge in [-0.05, 0) is 93.0 Å². The van der Waals surface area contributed by atoms with Crippen LogP contribution in [0, 0.1) is 22.7 Å². The molecule has 0 spiro atoms. The van der Waals surface area contributed by atoms with Crippen LogP contribution in [0.2, 0.25) is 0 Å². The summed E-state index contributed by atoms with van der Waals surface area (Å²) in [4.78, 5) is 11.2. The Morgan fingerprint density at radius 2 is 1.28 bits per heavy atom. The topological polar surface area (TPSA) is 17.1 Å². The highest BCUT2D eigenvalue weighted by molar-refractivity contribution is 5.67. The van der Waals surface area contributed by atoms with E-state index in [0.29, 0.717) is 10.8 Å². The minimum atomic E-state index is 0.463. The summed E-state index contributed by atoms with van der Waals surface area (Å²) in [6.07, 6.45) is 17.1. The summed E-state index contributed by atoms with van der Waals surface area (Å²) in [5.41, 5.74) is 2.54. The summed E-state index contributed by atoms with van der Waals surface area (Å²) in [6.45, 7) is 0. The molecule has 4 aliphatic rings. The van der Waals surface area contributed by atoms with Gasteiger partial charge in [-0.2, -0.15) is 0 Å². The second-order valence-corrected chi connectivity index (χ2v) is 7.57. The summed E-state index contributed by atoms with van der Waals surface area (Å²) in [5.74, 6) is 1.96. The predicted molar refractivity (Wildman–Crippen MR) is 72.2 cm³/mol. The number of carbonyl (C=O) groups excluding carboxylic acids is 1. The molecule has 1 heteroatoms. The van der Waals surface area contributed by atoms with E-state index in [2.05, 4.69) is 0 Å². The number of fused-ring (bicyclic) bond motifs is 4. The number of allylic oxidation sites excluding steroid dienone is 2. The van der Waals surface area contributed by atoms with Crippen LogP contribution < -0.4 is 0 Å². The smallest absolute Gasteiger partial charge is 0.142 e. The lowest BCUT2D eigenvalue weighted by atomic mass is 9.63. The highest BCUT2D eigenvalue weighted by Crippen LogP contribution is 2.68. The van der Waals surface area contributed by atoms with Crippen molar-refractivity contribution in [2.24, 2.45) is 22.7 Å². The fourth-order valence-corrected chi connectivity index (χ4v) is 6.12. The molecule has 98 valence electrons. The first kappa shape index (κ1) is 11.3. The maximum Gasteiger partial charge on any atom is 0.142 e. The van der Waals surface area contributed by atoms with Crippen LogP contribution in [-0.2, 0) is 4.79 Å². The van der Waals surface area contributed by atoms with E-state index in [1.165, 1.54) is 64.2 Å². The Bertz CT molecular complexity index is 358. The minimum absolute atomic E-state index is 0.463. The SMILES string of the molecule is O=CC=C(C12CCC(CC1)C2)C12CCC(CC1)C2. The zero-order chi connectivity index (χ0) is 12.2. The summed E-state index contributed by atoms with van der Waals surface area (Å²) in [5, 5.41) is 0. The van der Waals surface area contributed by atoms with Crippen molar-refractivity contribution in [1.29, 1.82) is 0 Å². The first-order valence-corrected chi connectivity index (χ1v) is 7.93. The second kappa shape index (κ2) is 3.71. The van der Waals surface area contributed by atoms with Gasteiger partial charge in [-0.3, -0.25) is 4.79 Å². The van der Waals surface area contributed by atoms with Crippen LogP contribution in [0.15, 0.2) is 11.6 Å². The third-order valence-corrected chi connectivity index (χ3v) is 6.86. The monoisotopic (exact) mass is 244 g/mol. The van der Waals surface area contributed by atoms with Gasteiger partial charge in [0.1, 0.15) is 6.29 Å². The molecule has 4 rings (SSSR count). The molecular weight excluding hydrogens is 220 g/mol. The van der Waals surface area contributed by atoms with Crippen molar-refractivity contribution in [1.82, 2.24) is 0 Å². The zero-order valence-corrected chi connectivity index (χ0v) is 11.3. The lowest BCUT2D eigenvalue weighted by Gasteiger charge is -2.41. The Morgan fingerprint density at radius 1 is 0.833 bits per heavy atom. The second-order valence-electron chi connectivity index (χ2n) is 7.57. The standard InChI is InChI=1S/C17H24O/c18-10-5-15(16-6-1-13(11-16)2-7-16)17-8-3-14(12-17)4-9-17/h5,10,13-14H,1-4,6-9,11-12H2. The molecule has 0 aliphatic heterocycles. The molecule has 18 heavy (non-hydrogen) atoms. The first-order valence-electron chi connectivity index (χ1n) is 7.93. The van der Waals surface area contributed by atoms with Crippen molar-refractivity contribution >= 4 is 6.29 Å². The maximum atomic E-state index is 11.2. The van der Waals surface area contributed by atoms with Crippen LogP contribution in [0.4, 0.5) is 0 Å². The van der Waals surface area contributed by atoms with E-state index >= 15 is 0 Å². The lowest BCUT2D eigenvalue weighted by molar-refractivity contribution is -0.104. The average Bonchev–Trinajstić information content (AvgIpc) is 3.15. The van der Waals surface area contributed by atoms with Gasteiger partial charge in [-0.1, -0.05) is 5.57 Å². The molecule has 0 radical (unpaired) electrons. The number of aldehydes is 1. The number of hydrogen-bond acceptors (Lipinski definition) is 1. The van der Waals surface area contributed by atoms with Gasteiger partial charge in [0.2, 0.25) is 0 Å². The Morgan fingerprint density at radius 3 is 1.56 bits per heavy atom. The minimum Gasteiger partial charge on any atom is -0.299 e. The van der Waals surface area contributed by atoms with Crippen LogP contribution in [-0.4, -0.2) is 6.29 Å². The molecule has 4 bridgehead atoms. The van der Waals surface area contributed by atoms with Crippen molar-refractivity contribution in [2.45, 2.75) is 64.2 Å². The van der Waals surface area contributed by atoms with Gasteiger partial charge < -0.3 is 0 Å². The molecule has 0 aromatic rings. The van der Waals surface area contributed by atoms with E-state index in [1.54, 1.807) is 5.57 Å². The van der Waals surface area contributed by atoms with Crippen LogP contribution in [0.25, 0.3) is 0 Å². The molecule has 4 saturated carbocycles. The van der Waals surface area contributed by atoms with E-state index in [-0.39, 0.29) is 0 Å². The van der Waals surface area contributed by atoms with E-state index in [4.69, 9.17) is 0 Å². The van der Waals surface area contributed by atoms with Crippen molar-refractivity contribution in [3.8, 4) is 0 Å². The number of carbonyl (C=O) groups is 1. The Labute approximate surface area is 110 Å². The van der Waals surface area contributed by atoms with Gasteiger partial charge in [0.25, 0.3) is 0 Å². The molecule has 1 nitrogen and oxygen atoms in total.